The lowest BCUT2D eigenvalue weighted by Gasteiger charge is -2.29. The monoisotopic (exact) mass is 431 g/mol. The van der Waals surface area contributed by atoms with Gasteiger partial charge in [-0.1, -0.05) is 5.16 Å². The SMILES string of the molecule is CNC.Cc1c(OCC(F)(F)F)ccc2c(CCC3CCN(C(=O)O)CC3)noc12. The zero-order valence-corrected chi connectivity index (χ0v) is 17.4. The van der Waals surface area contributed by atoms with Gasteiger partial charge in [-0.2, -0.15) is 13.2 Å². The van der Waals surface area contributed by atoms with Crippen molar-refractivity contribution in [3.63, 3.8) is 0 Å². The number of nitrogens with one attached hydrogen (secondary N) is 1. The first-order chi connectivity index (χ1) is 14.2. The number of hydrogen-bond acceptors (Lipinski definition) is 5. The molecule has 2 aromatic rings. The molecule has 2 heterocycles. The molecular formula is C20H28F3N3O4. The highest BCUT2D eigenvalue weighted by atomic mass is 19.4. The first-order valence-corrected chi connectivity index (χ1v) is 9.80. The molecule has 10 heteroatoms. The summed E-state index contributed by atoms with van der Waals surface area (Å²) in [5, 5.41) is 16.6. The average Bonchev–Trinajstić information content (AvgIpc) is 3.10. The lowest BCUT2D eigenvalue weighted by Crippen LogP contribution is -2.37. The van der Waals surface area contributed by atoms with Gasteiger partial charge < -0.3 is 24.6 Å². The van der Waals surface area contributed by atoms with Crippen LogP contribution in [0.4, 0.5) is 18.0 Å². The largest absolute Gasteiger partial charge is 0.484 e. The molecule has 2 N–H and O–H groups in total. The number of benzene rings is 1. The fourth-order valence-corrected chi connectivity index (χ4v) is 3.42. The van der Waals surface area contributed by atoms with E-state index in [1.54, 1.807) is 13.0 Å². The molecule has 3 rings (SSSR count). The van der Waals surface area contributed by atoms with Crippen molar-refractivity contribution < 1.29 is 32.3 Å². The van der Waals surface area contributed by atoms with Crippen LogP contribution in [0.3, 0.4) is 0 Å². The number of hydrogen-bond donors (Lipinski definition) is 2. The summed E-state index contributed by atoms with van der Waals surface area (Å²) in [6.45, 7) is 1.37. The summed E-state index contributed by atoms with van der Waals surface area (Å²) in [5.41, 5.74) is 1.69. The van der Waals surface area contributed by atoms with E-state index in [1.807, 2.05) is 14.1 Å². The molecule has 0 bridgehead atoms. The minimum absolute atomic E-state index is 0.128. The van der Waals surface area contributed by atoms with Gasteiger partial charge in [0.15, 0.2) is 12.2 Å². The van der Waals surface area contributed by atoms with Crippen LogP contribution in [0.2, 0.25) is 0 Å². The van der Waals surface area contributed by atoms with Crippen LogP contribution in [-0.4, -0.2) is 61.2 Å². The molecule has 0 spiro atoms. The molecule has 1 fully saturated rings. The van der Waals surface area contributed by atoms with Crippen LogP contribution < -0.4 is 10.1 Å². The molecule has 1 aromatic heterocycles. The second kappa shape index (κ2) is 10.5. The Hall–Kier alpha value is -2.49. The Bertz CT molecular complexity index is 831. The number of ether oxygens (including phenoxy) is 1. The van der Waals surface area contributed by atoms with Crippen LogP contribution in [0.25, 0.3) is 11.0 Å². The summed E-state index contributed by atoms with van der Waals surface area (Å²) in [5.74, 6) is 0.548. The second-order valence-electron chi connectivity index (χ2n) is 7.35. The highest BCUT2D eigenvalue weighted by molar-refractivity contribution is 5.84. The van der Waals surface area contributed by atoms with E-state index >= 15 is 0 Å². The summed E-state index contributed by atoms with van der Waals surface area (Å²) in [6, 6.07) is 3.18. The molecule has 0 unspecified atom stereocenters. The van der Waals surface area contributed by atoms with Gasteiger partial charge in [0.2, 0.25) is 0 Å². The molecule has 1 aromatic carbocycles. The van der Waals surface area contributed by atoms with Gasteiger partial charge in [0.1, 0.15) is 5.75 Å². The smallest absolute Gasteiger partial charge is 0.422 e. The van der Waals surface area contributed by atoms with Crippen molar-refractivity contribution in [1.82, 2.24) is 15.4 Å². The van der Waals surface area contributed by atoms with Crippen molar-refractivity contribution in [2.24, 2.45) is 5.92 Å². The lowest BCUT2D eigenvalue weighted by molar-refractivity contribution is -0.153. The van der Waals surface area contributed by atoms with E-state index in [2.05, 4.69) is 10.5 Å². The minimum atomic E-state index is -4.40. The normalized spacial score (nSPS) is 15.1. The molecule has 1 aliphatic rings. The van der Waals surface area contributed by atoms with E-state index in [0.29, 0.717) is 36.6 Å². The number of aryl methyl sites for hydroxylation is 2. The van der Waals surface area contributed by atoms with Gasteiger partial charge in [-0.15, -0.1) is 0 Å². The van der Waals surface area contributed by atoms with Gasteiger partial charge in [0, 0.05) is 24.0 Å². The van der Waals surface area contributed by atoms with Crippen molar-refractivity contribution >= 4 is 17.1 Å². The molecule has 1 amide bonds. The number of alkyl halides is 3. The molecule has 7 nitrogen and oxygen atoms in total. The standard InChI is InChI=1S/C18H21F3N2O4.C2H7N/c1-11-15(26-10-18(19,20)21)5-3-13-14(22-27-16(11)13)4-2-12-6-8-23(9-7-12)17(24)25;1-3-2/h3,5,12H,2,4,6-10H2,1H3,(H,24,25);3H,1-2H3. The molecule has 0 saturated carbocycles. The number of halogens is 3. The highest BCUT2D eigenvalue weighted by Crippen LogP contribution is 2.32. The Balaban J connectivity index is 0.00000101. The van der Waals surface area contributed by atoms with E-state index in [4.69, 9.17) is 14.4 Å². The number of nitrogens with zero attached hydrogens (tertiary/aromatic N) is 2. The molecule has 1 saturated heterocycles. The maximum Gasteiger partial charge on any atom is 0.422 e. The maximum atomic E-state index is 12.3. The number of carbonyl (C=O) groups is 1. The van der Waals surface area contributed by atoms with Crippen LogP contribution in [0.1, 0.15) is 30.5 Å². The predicted molar refractivity (Wildman–Crippen MR) is 106 cm³/mol. The first kappa shape index (κ1) is 23.8. The van der Waals surface area contributed by atoms with Gasteiger partial charge in [0.25, 0.3) is 0 Å². The summed E-state index contributed by atoms with van der Waals surface area (Å²) in [4.78, 5) is 12.4. The summed E-state index contributed by atoms with van der Waals surface area (Å²) < 4.78 is 47.2. The molecule has 30 heavy (non-hydrogen) atoms. The number of amides is 1. The number of carboxylic acid groups (broad SMARTS) is 1. The third kappa shape index (κ3) is 6.51. The lowest BCUT2D eigenvalue weighted by atomic mass is 9.91. The summed E-state index contributed by atoms with van der Waals surface area (Å²) in [7, 11) is 3.75. The molecule has 0 radical (unpaired) electrons. The number of fused-ring (bicyclic) bond motifs is 1. The third-order valence-electron chi connectivity index (χ3n) is 4.98. The number of aromatic nitrogens is 1. The Kier molecular flexibility index (Phi) is 8.33. The average molecular weight is 431 g/mol. The van der Waals surface area contributed by atoms with Crippen LogP contribution in [-0.2, 0) is 6.42 Å². The Labute approximate surface area is 173 Å². The van der Waals surface area contributed by atoms with Crippen LogP contribution >= 0.6 is 0 Å². The Morgan fingerprint density at radius 2 is 1.97 bits per heavy atom. The Morgan fingerprint density at radius 1 is 1.33 bits per heavy atom. The fraction of sp³-hybridized carbons (Fsp3) is 0.600. The second-order valence-corrected chi connectivity index (χ2v) is 7.35. The van der Waals surface area contributed by atoms with Gasteiger partial charge in [0.05, 0.1) is 5.69 Å². The van der Waals surface area contributed by atoms with Crippen LogP contribution in [0.5, 0.6) is 5.75 Å². The zero-order chi connectivity index (χ0) is 22.3. The van der Waals surface area contributed by atoms with E-state index in [9.17, 15) is 18.0 Å². The minimum Gasteiger partial charge on any atom is -0.484 e. The number of rotatable bonds is 5. The third-order valence-corrected chi connectivity index (χ3v) is 4.98. The molecule has 168 valence electrons. The summed E-state index contributed by atoms with van der Waals surface area (Å²) >= 11 is 0. The summed E-state index contributed by atoms with van der Waals surface area (Å²) in [6.07, 6.45) is -2.11. The highest BCUT2D eigenvalue weighted by Gasteiger charge is 2.29. The number of piperidine rings is 1. The van der Waals surface area contributed by atoms with Crippen molar-refractivity contribution in [2.75, 3.05) is 33.8 Å². The van der Waals surface area contributed by atoms with Gasteiger partial charge in [-0.25, -0.2) is 4.79 Å². The van der Waals surface area contributed by atoms with E-state index in [0.717, 1.165) is 30.3 Å². The van der Waals surface area contributed by atoms with E-state index in [1.165, 1.54) is 11.0 Å². The van der Waals surface area contributed by atoms with Crippen molar-refractivity contribution in [3.05, 3.63) is 23.4 Å². The fourth-order valence-electron chi connectivity index (χ4n) is 3.42. The topological polar surface area (TPSA) is 87.8 Å². The van der Waals surface area contributed by atoms with E-state index < -0.39 is 18.9 Å². The van der Waals surface area contributed by atoms with Gasteiger partial charge in [-0.3, -0.25) is 0 Å². The number of likely N-dealkylation sites (tertiary alicyclic amines) is 1. The molecule has 1 aliphatic heterocycles. The van der Waals surface area contributed by atoms with Crippen molar-refractivity contribution in [3.8, 4) is 5.75 Å². The molecule has 0 atom stereocenters. The quantitative estimate of drug-likeness (QED) is 0.737. The maximum absolute atomic E-state index is 12.3. The first-order valence-electron chi connectivity index (χ1n) is 9.80. The van der Waals surface area contributed by atoms with Crippen molar-refractivity contribution in [2.45, 2.75) is 38.8 Å². The molecular weight excluding hydrogens is 403 g/mol. The van der Waals surface area contributed by atoms with Gasteiger partial charge >= 0.3 is 12.3 Å². The zero-order valence-electron chi connectivity index (χ0n) is 17.4. The predicted octanol–water partition coefficient (Wildman–Crippen LogP) is 4.24. The van der Waals surface area contributed by atoms with E-state index in [-0.39, 0.29) is 5.75 Å². The van der Waals surface area contributed by atoms with Crippen LogP contribution in [0.15, 0.2) is 16.7 Å². The molecule has 0 aliphatic carbocycles. The van der Waals surface area contributed by atoms with Crippen LogP contribution in [0, 0.1) is 12.8 Å². The Morgan fingerprint density at radius 3 is 2.53 bits per heavy atom. The van der Waals surface area contributed by atoms with Gasteiger partial charge in [-0.05, 0) is 64.8 Å². The van der Waals surface area contributed by atoms with Crippen molar-refractivity contribution in [1.29, 1.82) is 0 Å².